The molecule has 14 heavy (non-hydrogen) atoms. The molecule has 0 aromatic heterocycles. The van der Waals surface area contributed by atoms with Crippen molar-refractivity contribution in [2.45, 2.75) is 24.9 Å². The number of carbonyl (C=O) groups is 1. The lowest BCUT2D eigenvalue weighted by Crippen LogP contribution is -2.43. The summed E-state index contributed by atoms with van der Waals surface area (Å²) in [6.45, 7) is 0. The molecule has 1 saturated carbocycles. The van der Waals surface area contributed by atoms with Crippen molar-refractivity contribution in [1.29, 1.82) is 0 Å². The zero-order valence-electron chi connectivity index (χ0n) is 7.56. The van der Waals surface area contributed by atoms with Gasteiger partial charge in [0, 0.05) is 11.4 Å². The van der Waals surface area contributed by atoms with Gasteiger partial charge in [0.1, 0.15) is 0 Å². The monoisotopic (exact) mass is 216 g/mol. The molecule has 1 aliphatic carbocycles. The summed E-state index contributed by atoms with van der Waals surface area (Å²) in [5, 5.41) is 6.47. The second kappa shape index (κ2) is 3.27. The van der Waals surface area contributed by atoms with E-state index in [1.165, 1.54) is 6.08 Å². The molecule has 2 rings (SSSR count). The van der Waals surface area contributed by atoms with E-state index in [1.54, 1.807) is 0 Å². The zero-order chi connectivity index (χ0) is 10.2. The predicted octanol–water partition coefficient (Wildman–Crippen LogP) is -0.241. The molecule has 1 unspecified atom stereocenters. The molecule has 1 atom stereocenters. The van der Waals surface area contributed by atoms with Crippen LogP contribution in [0, 0.1) is 0 Å². The molecule has 2 aliphatic rings. The van der Waals surface area contributed by atoms with Crippen molar-refractivity contribution in [1.82, 2.24) is 10.6 Å². The van der Waals surface area contributed by atoms with Gasteiger partial charge in [-0.2, -0.15) is 0 Å². The molecule has 2 amide bonds. The first-order valence-corrected chi connectivity index (χ1v) is 6.25. The van der Waals surface area contributed by atoms with Crippen molar-refractivity contribution in [3.05, 3.63) is 11.5 Å². The van der Waals surface area contributed by atoms with Crippen LogP contribution in [0.25, 0.3) is 0 Å². The molecular weight excluding hydrogens is 204 g/mol. The molecular formula is C8H12N2O3S. The third-order valence-corrected chi connectivity index (χ3v) is 3.55. The van der Waals surface area contributed by atoms with Crippen molar-refractivity contribution < 1.29 is 13.2 Å². The van der Waals surface area contributed by atoms with Gasteiger partial charge in [0.25, 0.3) is 0 Å². The van der Waals surface area contributed by atoms with Crippen LogP contribution in [0.4, 0.5) is 4.79 Å². The number of sulfone groups is 1. The van der Waals surface area contributed by atoms with Gasteiger partial charge in [-0.15, -0.1) is 0 Å². The van der Waals surface area contributed by atoms with Gasteiger partial charge in [-0.25, -0.2) is 13.2 Å². The smallest absolute Gasteiger partial charge is 0.315 e. The highest BCUT2D eigenvalue weighted by molar-refractivity contribution is 7.94. The molecule has 0 aromatic rings. The van der Waals surface area contributed by atoms with Gasteiger partial charge >= 0.3 is 6.03 Å². The lowest BCUT2D eigenvalue weighted by Gasteiger charge is -2.10. The molecule has 1 fully saturated rings. The predicted molar refractivity (Wildman–Crippen MR) is 51.4 cm³/mol. The van der Waals surface area contributed by atoms with E-state index in [9.17, 15) is 13.2 Å². The van der Waals surface area contributed by atoms with Crippen LogP contribution in [0.3, 0.4) is 0 Å². The van der Waals surface area contributed by atoms with Crippen molar-refractivity contribution in [3.8, 4) is 0 Å². The summed E-state index contributed by atoms with van der Waals surface area (Å²) in [5.41, 5.74) is 0. The van der Waals surface area contributed by atoms with Crippen LogP contribution in [-0.2, 0) is 9.84 Å². The minimum absolute atomic E-state index is 0.0227. The molecule has 0 bridgehead atoms. The summed E-state index contributed by atoms with van der Waals surface area (Å²) < 4.78 is 22.0. The largest absolute Gasteiger partial charge is 0.335 e. The molecule has 6 heteroatoms. The fourth-order valence-electron chi connectivity index (χ4n) is 1.29. The van der Waals surface area contributed by atoms with Crippen LogP contribution in [0.2, 0.25) is 0 Å². The zero-order valence-corrected chi connectivity index (χ0v) is 8.38. The number of carbonyl (C=O) groups excluding carboxylic acids is 1. The molecule has 5 nitrogen and oxygen atoms in total. The van der Waals surface area contributed by atoms with E-state index in [0.717, 1.165) is 18.2 Å². The molecule has 78 valence electrons. The first kappa shape index (κ1) is 9.51. The molecule has 1 aliphatic heterocycles. The Hall–Kier alpha value is -1.04. The Balaban J connectivity index is 1.81. The normalized spacial score (nSPS) is 28.7. The summed E-state index contributed by atoms with van der Waals surface area (Å²) in [7, 11) is -3.08. The number of urea groups is 1. The number of nitrogens with one attached hydrogen (secondary N) is 2. The van der Waals surface area contributed by atoms with E-state index in [2.05, 4.69) is 10.6 Å². The summed E-state index contributed by atoms with van der Waals surface area (Å²) in [6.07, 6.45) is 3.54. The summed E-state index contributed by atoms with van der Waals surface area (Å²) in [5.74, 6) is -0.0227. The van der Waals surface area contributed by atoms with Crippen LogP contribution < -0.4 is 10.6 Å². The SMILES string of the molecule is O=C(NC1C=CS(=O)(=O)C1)NC1CC1. The van der Waals surface area contributed by atoms with E-state index in [-0.39, 0.29) is 23.9 Å². The highest BCUT2D eigenvalue weighted by Gasteiger charge is 2.26. The third-order valence-electron chi connectivity index (χ3n) is 2.16. The Bertz CT molecular complexity index is 370. The fourth-order valence-corrected chi connectivity index (χ4v) is 2.52. The summed E-state index contributed by atoms with van der Waals surface area (Å²) in [6, 6.07) is -0.366. The van der Waals surface area contributed by atoms with Crippen LogP contribution in [0.5, 0.6) is 0 Å². The number of amides is 2. The quantitative estimate of drug-likeness (QED) is 0.669. The topological polar surface area (TPSA) is 75.3 Å². The van der Waals surface area contributed by atoms with E-state index < -0.39 is 9.84 Å². The molecule has 0 radical (unpaired) electrons. The van der Waals surface area contributed by atoms with Gasteiger partial charge in [0.05, 0.1) is 11.8 Å². The van der Waals surface area contributed by atoms with E-state index in [1.807, 2.05) is 0 Å². The first-order valence-electron chi connectivity index (χ1n) is 4.53. The van der Waals surface area contributed by atoms with E-state index in [0.29, 0.717) is 0 Å². The Morgan fingerprint density at radius 1 is 1.29 bits per heavy atom. The average Bonchev–Trinajstić information content (AvgIpc) is 2.78. The summed E-state index contributed by atoms with van der Waals surface area (Å²) >= 11 is 0. The van der Waals surface area contributed by atoms with Crippen LogP contribution >= 0.6 is 0 Å². The van der Waals surface area contributed by atoms with E-state index >= 15 is 0 Å². The maximum absolute atomic E-state index is 11.2. The fraction of sp³-hybridized carbons (Fsp3) is 0.625. The lowest BCUT2D eigenvalue weighted by molar-refractivity contribution is 0.239. The third kappa shape index (κ3) is 2.47. The minimum atomic E-state index is -3.08. The number of hydrogen-bond donors (Lipinski definition) is 2. The van der Waals surface area contributed by atoms with Crippen molar-refractivity contribution >= 4 is 15.9 Å². The maximum atomic E-state index is 11.2. The van der Waals surface area contributed by atoms with Gasteiger partial charge in [-0.05, 0) is 18.9 Å². The van der Waals surface area contributed by atoms with Gasteiger partial charge in [0.2, 0.25) is 0 Å². The second-order valence-corrected chi connectivity index (χ2v) is 5.59. The Kier molecular flexibility index (Phi) is 2.22. The van der Waals surface area contributed by atoms with Gasteiger partial charge in [0.15, 0.2) is 9.84 Å². The second-order valence-electron chi connectivity index (χ2n) is 3.66. The number of rotatable bonds is 2. The van der Waals surface area contributed by atoms with Gasteiger partial charge < -0.3 is 10.6 Å². The van der Waals surface area contributed by atoms with Gasteiger partial charge in [-0.3, -0.25) is 0 Å². The lowest BCUT2D eigenvalue weighted by atomic mass is 10.3. The first-order chi connectivity index (χ1) is 6.55. The standard InChI is InChI=1S/C8H12N2O3S/c11-8(9-6-1-2-6)10-7-3-4-14(12,13)5-7/h3-4,6-7H,1-2,5H2,(H2,9,10,11). The van der Waals surface area contributed by atoms with E-state index in [4.69, 9.17) is 0 Å². The van der Waals surface area contributed by atoms with Crippen molar-refractivity contribution in [2.75, 3.05) is 5.75 Å². The van der Waals surface area contributed by atoms with Crippen molar-refractivity contribution in [3.63, 3.8) is 0 Å². The highest BCUT2D eigenvalue weighted by atomic mass is 32.2. The summed E-state index contributed by atoms with van der Waals surface area (Å²) in [4.78, 5) is 11.2. The Morgan fingerprint density at radius 2 is 2.00 bits per heavy atom. The molecule has 1 heterocycles. The molecule has 0 spiro atoms. The average molecular weight is 216 g/mol. The number of hydrogen-bond acceptors (Lipinski definition) is 3. The molecule has 0 saturated heterocycles. The van der Waals surface area contributed by atoms with Crippen molar-refractivity contribution in [2.24, 2.45) is 0 Å². The minimum Gasteiger partial charge on any atom is -0.335 e. The highest BCUT2D eigenvalue weighted by Crippen LogP contribution is 2.18. The Labute approximate surface area is 82.5 Å². The van der Waals surface area contributed by atoms with Crippen LogP contribution in [-0.4, -0.2) is 32.3 Å². The van der Waals surface area contributed by atoms with Crippen LogP contribution in [0.1, 0.15) is 12.8 Å². The Morgan fingerprint density at radius 3 is 2.50 bits per heavy atom. The molecule has 2 N–H and O–H groups in total. The van der Waals surface area contributed by atoms with Crippen LogP contribution in [0.15, 0.2) is 11.5 Å². The maximum Gasteiger partial charge on any atom is 0.315 e. The van der Waals surface area contributed by atoms with Gasteiger partial charge in [-0.1, -0.05) is 0 Å². The molecule has 0 aromatic carbocycles.